The maximum absolute atomic E-state index is 14.2. The van der Waals surface area contributed by atoms with Crippen LogP contribution in [0.25, 0.3) is 33.1 Å². The predicted octanol–water partition coefficient (Wildman–Crippen LogP) is 5.68. The van der Waals surface area contributed by atoms with Crippen LogP contribution in [-0.4, -0.2) is 47.0 Å². The lowest BCUT2D eigenvalue weighted by molar-refractivity contribution is 0.167. The topological polar surface area (TPSA) is 140 Å². The highest BCUT2D eigenvalue weighted by atomic mass is 32.2. The monoisotopic (exact) mass is 599 g/mol. The average molecular weight is 600 g/mol. The Labute approximate surface area is 235 Å². The molecule has 0 atom stereocenters. The van der Waals surface area contributed by atoms with Gasteiger partial charge in [-0.05, 0) is 53.4 Å². The second-order valence-electron chi connectivity index (χ2n) is 10.7. The standard InChI is InChI=1S/C28H26FN3O7S2/c1-28(2,3)17-40(35,36)32(27(33)34)16-26-30-23-12-9-18(13-25(23)39-26)22-15-31(24-14-19(29)10-11-21(22)24)41(37,38)20-7-5-4-6-8-20/h4-15H,16-17H2,1-3H3,(H,33,34). The number of carboxylic acid groups (broad SMARTS) is 1. The molecular formula is C28H26FN3O7S2. The zero-order valence-electron chi connectivity index (χ0n) is 22.3. The van der Waals surface area contributed by atoms with Gasteiger partial charge in [0.05, 0.1) is 16.2 Å². The van der Waals surface area contributed by atoms with E-state index in [1.807, 2.05) is 0 Å². The van der Waals surface area contributed by atoms with Crippen LogP contribution < -0.4 is 0 Å². The van der Waals surface area contributed by atoms with E-state index in [1.54, 1.807) is 57.2 Å². The number of fused-ring (bicyclic) bond motifs is 2. The van der Waals surface area contributed by atoms with E-state index < -0.39 is 49.7 Å². The highest BCUT2D eigenvalue weighted by Crippen LogP contribution is 2.35. The van der Waals surface area contributed by atoms with E-state index in [2.05, 4.69) is 4.98 Å². The summed E-state index contributed by atoms with van der Waals surface area (Å²) in [5.41, 5.74) is 1.02. The molecule has 0 unspecified atom stereocenters. The number of carbonyl (C=O) groups is 1. The van der Waals surface area contributed by atoms with E-state index >= 15 is 0 Å². The van der Waals surface area contributed by atoms with Crippen LogP contribution >= 0.6 is 0 Å². The Hall–Kier alpha value is -4.23. The summed E-state index contributed by atoms with van der Waals surface area (Å²) in [6.07, 6.45) is -0.257. The van der Waals surface area contributed by atoms with Gasteiger partial charge in [-0.1, -0.05) is 45.0 Å². The van der Waals surface area contributed by atoms with E-state index in [4.69, 9.17) is 4.42 Å². The van der Waals surface area contributed by atoms with Crippen LogP contribution in [0.2, 0.25) is 0 Å². The fraction of sp³-hybridized carbons (Fsp3) is 0.214. The van der Waals surface area contributed by atoms with Crippen molar-refractivity contribution in [3.8, 4) is 11.1 Å². The molecule has 5 aromatic rings. The van der Waals surface area contributed by atoms with Gasteiger partial charge in [-0.25, -0.2) is 35.0 Å². The van der Waals surface area contributed by atoms with Crippen LogP contribution in [0.1, 0.15) is 26.7 Å². The molecule has 0 aliphatic carbocycles. The molecule has 1 N–H and O–H groups in total. The number of rotatable bonds is 7. The first kappa shape index (κ1) is 28.3. The summed E-state index contributed by atoms with van der Waals surface area (Å²) in [4.78, 5) is 16.1. The molecule has 0 saturated carbocycles. The van der Waals surface area contributed by atoms with Gasteiger partial charge >= 0.3 is 6.09 Å². The molecule has 0 saturated heterocycles. The van der Waals surface area contributed by atoms with Crippen LogP contribution in [0.15, 0.2) is 82.2 Å². The van der Waals surface area contributed by atoms with Crippen molar-refractivity contribution in [2.24, 2.45) is 5.41 Å². The molecule has 5 rings (SSSR count). The molecule has 0 aliphatic rings. The number of hydrogen-bond donors (Lipinski definition) is 1. The highest BCUT2D eigenvalue weighted by Gasteiger charge is 2.33. The van der Waals surface area contributed by atoms with E-state index in [0.29, 0.717) is 26.3 Å². The summed E-state index contributed by atoms with van der Waals surface area (Å²) in [6.45, 7) is 4.43. The Morgan fingerprint density at radius 3 is 2.39 bits per heavy atom. The number of halogens is 1. The lowest BCUT2D eigenvalue weighted by Crippen LogP contribution is -2.40. The summed E-state index contributed by atoms with van der Waals surface area (Å²) >= 11 is 0. The Morgan fingerprint density at radius 1 is 1.02 bits per heavy atom. The van der Waals surface area contributed by atoms with Gasteiger partial charge in [-0.2, -0.15) is 4.31 Å². The van der Waals surface area contributed by atoms with Crippen LogP contribution in [0.4, 0.5) is 9.18 Å². The quantitative estimate of drug-likeness (QED) is 0.252. The minimum atomic E-state index is -4.18. The predicted molar refractivity (Wildman–Crippen MR) is 151 cm³/mol. The van der Waals surface area contributed by atoms with Gasteiger partial charge < -0.3 is 9.52 Å². The average Bonchev–Trinajstić information content (AvgIpc) is 3.46. The van der Waals surface area contributed by atoms with Crippen LogP contribution in [0.3, 0.4) is 0 Å². The van der Waals surface area contributed by atoms with Crippen molar-refractivity contribution in [3.05, 3.63) is 84.6 Å². The number of amides is 1. The zero-order chi connectivity index (χ0) is 29.7. The SMILES string of the molecule is CC(C)(C)CS(=O)(=O)N(Cc1nc2ccc(-c3cn(S(=O)(=O)c4ccccc4)c4cc(F)ccc34)cc2o1)C(=O)O. The first-order valence-electron chi connectivity index (χ1n) is 12.4. The molecule has 41 heavy (non-hydrogen) atoms. The van der Waals surface area contributed by atoms with Crippen LogP contribution in [0, 0.1) is 11.2 Å². The van der Waals surface area contributed by atoms with Gasteiger partial charge in [0.15, 0.2) is 5.58 Å². The largest absolute Gasteiger partial charge is 0.464 e. The van der Waals surface area contributed by atoms with Crippen molar-refractivity contribution in [1.82, 2.24) is 13.3 Å². The van der Waals surface area contributed by atoms with Gasteiger partial charge in [0.25, 0.3) is 10.0 Å². The third-order valence-corrected chi connectivity index (χ3v) is 10.1. The molecule has 1 amide bonds. The molecular weight excluding hydrogens is 573 g/mol. The maximum atomic E-state index is 14.2. The second-order valence-corrected chi connectivity index (χ2v) is 14.4. The molecule has 0 aliphatic heterocycles. The number of benzene rings is 3. The minimum absolute atomic E-state index is 0.0347. The molecule has 0 fully saturated rings. The molecule has 2 heterocycles. The van der Waals surface area contributed by atoms with Crippen molar-refractivity contribution in [2.75, 3.05) is 5.75 Å². The lowest BCUT2D eigenvalue weighted by atomic mass is 10.0. The van der Waals surface area contributed by atoms with Crippen molar-refractivity contribution in [1.29, 1.82) is 0 Å². The van der Waals surface area contributed by atoms with Crippen LogP contribution in [0.5, 0.6) is 0 Å². The molecule has 10 nitrogen and oxygen atoms in total. The number of sulfonamides is 1. The molecule has 2 aromatic heterocycles. The van der Waals surface area contributed by atoms with Crippen molar-refractivity contribution in [3.63, 3.8) is 0 Å². The van der Waals surface area contributed by atoms with E-state index in [1.165, 1.54) is 30.5 Å². The molecule has 0 bridgehead atoms. The zero-order valence-corrected chi connectivity index (χ0v) is 23.9. The number of aromatic nitrogens is 2. The first-order valence-corrected chi connectivity index (χ1v) is 15.5. The highest BCUT2D eigenvalue weighted by molar-refractivity contribution is 7.90. The lowest BCUT2D eigenvalue weighted by Gasteiger charge is -2.23. The summed E-state index contributed by atoms with van der Waals surface area (Å²) in [5, 5.41) is 10.1. The maximum Gasteiger partial charge on any atom is 0.421 e. The molecule has 13 heteroatoms. The van der Waals surface area contributed by atoms with Crippen LogP contribution in [-0.2, 0) is 26.6 Å². The summed E-state index contributed by atoms with van der Waals surface area (Å²) < 4.78 is 73.8. The fourth-order valence-corrected chi connectivity index (χ4v) is 7.72. The van der Waals surface area contributed by atoms with Gasteiger partial charge in [-0.15, -0.1) is 0 Å². The van der Waals surface area contributed by atoms with Crippen molar-refractivity contribution < 1.29 is 35.5 Å². The third kappa shape index (κ3) is 5.55. The third-order valence-electron chi connectivity index (χ3n) is 6.22. The fourth-order valence-electron chi connectivity index (χ4n) is 4.55. The Morgan fingerprint density at radius 2 is 1.73 bits per heavy atom. The molecule has 3 aromatic carbocycles. The minimum Gasteiger partial charge on any atom is -0.464 e. The molecule has 0 radical (unpaired) electrons. The van der Waals surface area contributed by atoms with Gasteiger partial charge in [-0.3, -0.25) is 0 Å². The first-order chi connectivity index (χ1) is 19.2. The van der Waals surface area contributed by atoms with E-state index in [0.717, 1.165) is 10.0 Å². The Kier molecular flexibility index (Phi) is 6.90. The molecule has 0 spiro atoms. The summed E-state index contributed by atoms with van der Waals surface area (Å²) in [6, 6.07) is 16.5. The second kappa shape index (κ2) is 10.00. The Bertz CT molecular complexity index is 2010. The number of hydrogen-bond acceptors (Lipinski definition) is 7. The van der Waals surface area contributed by atoms with Gasteiger partial charge in [0, 0.05) is 17.1 Å². The van der Waals surface area contributed by atoms with Gasteiger partial charge in [0.2, 0.25) is 15.9 Å². The van der Waals surface area contributed by atoms with E-state index in [9.17, 15) is 31.1 Å². The Balaban J connectivity index is 1.57. The van der Waals surface area contributed by atoms with Crippen molar-refractivity contribution in [2.45, 2.75) is 32.2 Å². The van der Waals surface area contributed by atoms with Crippen molar-refractivity contribution >= 4 is 48.1 Å². The van der Waals surface area contributed by atoms with E-state index in [-0.39, 0.29) is 21.9 Å². The number of nitrogens with zero attached hydrogens (tertiary/aromatic N) is 3. The van der Waals surface area contributed by atoms with Gasteiger partial charge in [0.1, 0.15) is 17.9 Å². The smallest absolute Gasteiger partial charge is 0.421 e. The molecule has 214 valence electrons. The summed E-state index contributed by atoms with van der Waals surface area (Å²) in [5.74, 6) is -1.13. The number of oxazole rings is 1. The normalized spacial score (nSPS) is 12.7. The summed E-state index contributed by atoms with van der Waals surface area (Å²) in [7, 11) is -8.25.